The Kier molecular flexibility index (Phi) is 5.01. The van der Waals surface area contributed by atoms with E-state index in [1.54, 1.807) is 0 Å². The van der Waals surface area contributed by atoms with Gasteiger partial charge in [-0.05, 0) is 60.7 Å². The van der Waals surface area contributed by atoms with Gasteiger partial charge in [-0.3, -0.25) is 0 Å². The standard InChI is InChI=1S/C18H13BrN4/c19-14-6-8-16(9-7-14)21-23-18-12-10-17(11-13-18)22-20-15-4-2-1-3-5-15/h1-13H. The highest BCUT2D eigenvalue weighted by Crippen LogP contribution is 2.23. The number of azo groups is 2. The summed E-state index contributed by atoms with van der Waals surface area (Å²) in [6, 6.07) is 24.7. The van der Waals surface area contributed by atoms with Crippen molar-refractivity contribution in [1.29, 1.82) is 0 Å². The average molecular weight is 365 g/mol. The van der Waals surface area contributed by atoms with Crippen LogP contribution in [0.2, 0.25) is 0 Å². The molecule has 0 spiro atoms. The van der Waals surface area contributed by atoms with Crippen molar-refractivity contribution >= 4 is 38.7 Å². The third kappa shape index (κ3) is 4.66. The molecule has 0 atom stereocenters. The van der Waals surface area contributed by atoms with E-state index in [-0.39, 0.29) is 0 Å². The molecule has 0 fully saturated rings. The molecule has 4 nitrogen and oxygen atoms in total. The molecule has 0 aromatic heterocycles. The smallest absolute Gasteiger partial charge is 0.0858 e. The van der Waals surface area contributed by atoms with Gasteiger partial charge in [0.25, 0.3) is 0 Å². The molecule has 112 valence electrons. The highest BCUT2D eigenvalue weighted by atomic mass is 79.9. The monoisotopic (exact) mass is 364 g/mol. The van der Waals surface area contributed by atoms with Crippen molar-refractivity contribution in [2.24, 2.45) is 20.5 Å². The Morgan fingerprint density at radius 2 is 0.783 bits per heavy atom. The minimum Gasteiger partial charge on any atom is -0.151 e. The topological polar surface area (TPSA) is 49.4 Å². The van der Waals surface area contributed by atoms with Crippen LogP contribution in [0.5, 0.6) is 0 Å². The van der Waals surface area contributed by atoms with E-state index in [1.807, 2.05) is 78.9 Å². The minimum absolute atomic E-state index is 0.770. The van der Waals surface area contributed by atoms with Gasteiger partial charge in [-0.15, -0.1) is 0 Å². The van der Waals surface area contributed by atoms with Crippen molar-refractivity contribution in [2.45, 2.75) is 0 Å². The predicted molar refractivity (Wildman–Crippen MR) is 95.4 cm³/mol. The number of rotatable bonds is 4. The lowest BCUT2D eigenvalue weighted by molar-refractivity contribution is 1.21. The van der Waals surface area contributed by atoms with Crippen LogP contribution in [-0.4, -0.2) is 0 Å². The van der Waals surface area contributed by atoms with Crippen LogP contribution in [0.4, 0.5) is 22.7 Å². The van der Waals surface area contributed by atoms with E-state index in [4.69, 9.17) is 0 Å². The first-order valence-corrected chi connectivity index (χ1v) is 7.83. The molecule has 3 aromatic carbocycles. The molecule has 3 aromatic rings. The number of hydrogen-bond donors (Lipinski definition) is 0. The van der Waals surface area contributed by atoms with E-state index < -0.39 is 0 Å². The fourth-order valence-corrected chi connectivity index (χ4v) is 2.08. The van der Waals surface area contributed by atoms with Gasteiger partial charge in [-0.2, -0.15) is 20.5 Å². The molecule has 0 heterocycles. The van der Waals surface area contributed by atoms with Crippen molar-refractivity contribution in [2.75, 3.05) is 0 Å². The van der Waals surface area contributed by atoms with Crippen LogP contribution in [0.3, 0.4) is 0 Å². The molecule has 0 unspecified atom stereocenters. The highest BCUT2D eigenvalue weighted by Gasteiger charge is 1.94. The van der Waals surface area contributed by atoms with Crippen molar-refractivity contribution in [1.82, 2.24) is 0 Å². The molecule has 0 saturated carbocycles. The summed E-state index contributed by atoms with van der Waals surface area (Å²) in [5, 5.41) is 16.8. The van der Waals surface area contributed by atoms with E-state index in [1.165, 1.54) is 0 Å². The Bertz CT molecular complexity index is 810. The van der Waals surface area contributed by atoms with Crippen LogP contribution in [-0.2, 0) is 0 Å². The third-order valence-electron chi connectivity index (χ3n) is 2.99. The summed E-state index contributed by atoms with van der Waals surface area (Å²) < 4.78 is 1.02. The fraction of sp³-hybridized carbons (Fsp3) is 0. The molecule has 0 amide bonds. The second kappa shape index (κ2) is 7.56. The largest absolute Gasteiger partial charge is 0.151 e. The molecule has 0 aliphatic heterocycles. The number of hydrogen-bond acceptors (Lipinski definition) is 4. The summed E-state index contributed by atoms with van der Waals surface area (Å²) >= 11 is 3.39. The van der Waals surface area contributed by atoms with Crippen LogP contribution < -0.4 is 0 Å². The van der Waals surface area contributed by atoms with Gasteiger partial charge in [0.15, 0.2) is 0 Å². The summed E-state index contributed by atoms with van der Waals surface area (Å²) in [6.07, 6.45) is 0. The van der Waals surface area contributed by atoms with Gasteiger partial charge in [0.2, 0.25) is 0 Å². The molecule has 0 aliphatic rings. The molecular weight excluding hydrogens is 352 g/mol. The molecule has 0 bridgehead atoms. The molecule has 3 rings (SSSR count). The number of nitrogens with zero attached hydrogens (tertiary/aromatic N) is 4. The SMILES string of the molecule is Brc1ccc(N=Nc2ccc(N=Nc3ccccc3)cc2)cc1. The van der Waals surface area contributed by atoms with E-state index in [2.05, 4.69) is 36.4 Å². The fourth-order valence-electron chi connectivity index (χ4n) is 1.82. The van der Waals surface area contributed by atoms with Gasteiger partial charge in [-0.25, -0.2) is 0 Å². The Morgan fingerprint density at radius 3 is 1.22 bits per heavy atom. The van der Waals surface area contributed by atoms with E-state index in [0.29, 0.717) is 0 Å². The lowest BCUT2D eigenvalue weighted by Crippen LogP contribution is -1.67. The van der Waals surface area contributed by atoms with Gasteiger partial charge in [-0.1, -0.05) is 34.1 Å². The maximum absolute atomic E-state index is 4.20. The zero-order chi connectivity index (χ0) is 15.9. The summed E-state index contributed by atoms with van der Waals surface area (Å²) in [5.74, 6) is 0. The molecule has 0 saturated heterocycles. The first-order chi connectivity index (χ1) is 11.3. The van der Waals surface area contributed by atoms with Gasteiger partial charge in [0.05, 0.1) is 22.7 Å². The summed E-state index contributed by atoms with van der Waals surface area (Å²) in [5.41, 5.74) is 3.18. The Labute approximate surface area is 142 Å². The molecule has 0 N–H and O–H groups in total. The summed E-state index contributed by atoms with van der Waals surface area (Å²) in [7, 11) is 0. The predicted octanol–water partition coefficient (Wildman–Crippen LogP) is 7.28. The van der Waals surface area contributed by atoms with Crippen LogP contribution in [0.25, 0.3) is 0 Å². The minimum atomic E-state index is 0.770. The lowest BCUT2D eigenvalue weighted by Gasteiger charge is -1.95. The summed E-state index contributed by atoms with van der Waals surface area (Å²) in [4.78, 5) is 0. The zero-order valence-electron chi connectivity index (χ0n) is 12.2. The molecule has 23 heavy (non-hydrogen) atoms. The van der Waals surface area contributed by atoms with Gasteiger partial charge >= 0.3 is 0 Å². The molecular formula is C18H13BrN4. The van der Waals surface area contributed by atoms with E-state index in [9.17, 15) is 0 Å². The Balaban J connectivity index is 1.67. The lowest BCUT2D eigenvalue weighted by atomic mass is 10.3. The third-order valence-corrected chi connectivity index (χ3v) is 3.52. The van der Waals surface area contributed by atoms with Crippen molar-refractivity contribution in [3.63, 3.8) is 0 Å². The van der Waals surface area contributed by atoms with E-state index in [0.717, 1.165) is 27.2 Å². The van der Waals surface area contributed by atoms with E-state index >= 15 is 0 Å². The normalized spacial score (nSPS) is 11.3. The summed E-state index contributed by atoms with van der Waals surface area (Å²) in [6.45, 7) is 0. The van der Waals surface area contributed by atoms with Gasteiger partial charge < -0.3 is 0 Å². The molecule has 0 aliphatic carbocycles. The Hall–Kier alpha value is -2.66. The van der Waals surface area contributed by atoms with Crippen LogP contribution in [0.1, 0.15) is 0 Å². The maximum Gasteiger partial charge on any atom is 0.0858 e. The quantitative estimate of drug-likeness (QED) is 0.436. The molecule has 0 radical (unpaired) electrons. The maximum atomic E-state index is 4.20. The second-order valence-corrected chi connectivity index (χ2v) is 5.64. The molecule has 5 heteroatoms. The van der Waals surface area contributed by atoms with Crippen LogP contribution >= 0.6 is 15.9 Å². The number of benzene rings is 3. The van der Waals surface area contributed by atoms with Gasteiger partial charge in [0, 0.05) is 4.47 Å². The van der Waals surface area contributed by atoms with Crippen molar-refractivity contribution < 1.29 is 0 Å². The first-order valence-electron chi connectivity index (χ1n) is 7.04. The Morgan fingerprint density at radius 1 is 0.435 bits per heavy atom. The van der Waals surface area contributed by atoms with Gasteiger partial charge in [0.1, 0.15) is 0 Å². The average Bonchev–Trinajstić information content (AvgIpc) is 2.61. The second-order valence-electron chi connectivity index (χ2n) is 4.73. The number of halogens is 1. The first kappa shape index (κ1) is 15.2. The zero-order valence-corrected chi connectivity index (χ0v) is 13.8. The van der Waals surface area contributed by atoms with Crippen LogP contribution in [0, 0.1) is 0 Å². The van der Waals surface area contributed by atoms with Crippen LogP contribution in [0.15, 0.2) is 104 Å². The van der Waals surface area contributed by atoms with Crippen molar-refractivity contribution in [3.05, 3.63) is 83.3 Å². The van der Waals surface area contributed by atoms with Crippen molar-refractivity contribution in [3.8, 4) is 0 Å². The highest BCUT2D eigenvalue weighted by molar-refractivity contribution is 9.10.